The van der Waals surface area contributed by atoms with Crippen LogP contribution in [0.3, 0.4) is 0 Å². The van der Waals surface area contributed by atoms with Crippen molar-refractivity contribution in [3.63, 3.8) is 0 Å². The third-order valence-corrected chi connectivity index (χ3v) is 3.21. The minimum Gasteiger partial charge on any atom is -0.335 e. The van der Waals surface area contributed by atoms with E-state index in [1.54, 1.807) is 24.5 Å². The molecule has 1 aliphatic rings. The molecule has 4 nitrogen and oxygen atoms in total. The molecular formula is C13H19N3O. The molecule has 2 amide bonds. The molecule has 0 radical (unpaired) electrons. The van der Waals surface area contributed by atoms with E-state index in [1.807, 2.05) is 0 Å². The molecule has 0 aliphatic heterocycles. The average Bonchev–Trinajstić information content (AvgIpc) is 2.30. The quantitative estimate of drug-likeness (QED) is 0.825. The first-order chi connectivity index (χ1) is 8.24. The Hall–Kier alpha value is -1.58. The zero-order chi connectivity index (χ0) is 12.1. The van der Waals surface area contributed by atoms with E-state index in [9.17, 15) is 4.79 Å². The Morgan fingerprint density at radius 1 is 1.35 bits per heavy atom. The van der Waals surface area contributed by atoms with Crippen LogP contribution in [-0.4, -0.2) is 17.1 Å². The Labute approximate surface area is 102 Å². The van der Waals surface area contributed by atoms with E-state index in [0.29, 0.717) is 6.04 Å². The molecule has 2 N–H and O–H groups in total. The van der Waals surface area contributed by atoms with E-state index < -0.39 is 0 Å². The number of urea groups is 1. The Balaban J connectivity index is 1.81. The molecule has 1 aliphatic carbocycles. The minimum absolute atomic E-state index is 0.115. The average molecular weight is 233 g/mol. The highest BCUT2D eigenvalue weighted by Gasteiger charge is 2.20. The number of nitrogens with zero attached hydrogens (tertiary/aromatic N) is 1. The van der Waals surface area contributed by atoms with Gasteiger partial charge in [0, 0.05) is 24.1 Å². The Morgan fingerprint density at radius 2 is 2.12 bits per heavy atom. The van der Waals surface area contributed by atoms with Crippen LogP contribution in [0.25, 0.3) is 0 Å². The van der Waals surface area contributed by atoms with Crippen molar-refractivity contribution >= 4 is 11.7 Å². The van der Waals surface area contributed by atoms with E-state index in [2.05, 4.69) is 22.5 Å². The van der Waals surface area contributed by atoms with Crippen LogP contribution < -0.4 is 10.6 Å². The van der Waals surface area contributed by atoms with Crippen LogP contribution in [0.15, 0.2) is 24.5 Å². The fourth-order valence-electron chi connectivity index (χ4n) is 2.35. The van der Waals surface area contributed by atoms with Crippen LogP contribution in [0.2, 0.25) is 0 Å². The summed E-state index contributed by atoms with van der Waals surface area (Å²) in [6.45, 7) is 2.24. The van der Waals surface area contributed by atoms with Gasteiger partial charge in [-0.15, -0.1) is 0 Å². The number of nitrogens with one attached hydrogen (secondary N) is 2. The zero-order valence-corrected chi connectivity index (χ0v) is 10.1. The van der Waals surface area contributed by atoms with Gasteiger partial charge in [0.1, 0.15) is 0 Å². The topological polar surface area (TPSA) is 54.0 Å². The van der Waals surface area contributed by atoms with Gasteiger partial charge in [-0.05, 0) is 30.9 Å². The molecule has 0 bridgehead atoms. The minimum atomic E-state index is -0.115. The van der Waals surface area contributed by atoms with Crippen molar-refractivity contribution in [3.8, 4) is 0 Å². The standard InChI is InChI=1S/C13H19N3O/c1-10-3-2-4-12(9-10)16-13(17)15-11-5-7-14-8-6-11/h5-8,10,12H,2-4,9H2,1H3,(H2,14,15,16,17). The summed E-state index contributed by atoms with van der Waals surface area (Å²) in [5.74, 6) is 0.718. The highest BCUT2D eigenvalue weighted by molar-refractivity contribution is 5.89. The van der Waals surface area contributed by atoms with Crippen LogP contribution in [0.5, 0.6) is 0 Å². The van der Waals surface area contributed by atoms with Gasteiger partial charge in [-0.25, -0.2) is 4.79 Å². The maximum atomic E-state index is 11.7. The summed E-state index contributed by atoms with van der Waals surface area (Å²) in [7, 11) is 0. The lowest BCUT2D eigenvalue weighted by Crippen LogP contribution is -2.40. The molecule has 1 fully saturated rings. The van der Waals surface area contributed by atoms with E-state index in [0.717, 1.165) is 24.4 Å². The number of amides is 2. The van der Waals surface area contributed by atoms with E-state index in [-0.39, 0.29) is 6.03 Å². The maximum Gasteiger partial charge on any atom is 0.319 e. The van der Waals surface area contributed by atoms with Gasteiger partial charge >= 0.3 is 6.03 Å². The molecular weight excluding hydrogens is 214 g/mol. The summed E-state index contributed by atoms with van der Waals surface area (Å²) in [5.41, 5.74) is 0.779. The Kier molecular flexibility index (Phi) is 3.96. The van der Waals surface area contributed by atoms with Crippen LogP contribution >= 0.6 is 0 Å². The van der Waals surface area contributed by atoms with Gasteiger partial charge in [0.15, 0.2) is 0 Å². The summed E-state index contributed by atoms with van der Waals surface area (Å²) < 4.78 is 0. The summed E-state index contributed by atoms with van der Waals surface area (Å²) in [6, 6.07) is 3.77. The van der Waals surface area contributed by atoms with Gasteiger partial charge in [0.25, 0.3) is 0 Å². The first kappa shape index (κ1) is 11.9. The second-order valence-corrected chi connectivity index (χ2v) is 4.80. The van der Waals surface area contributed by atoms with Crippen molar-refractivity contribution in [1.29, 1.82) is 0 Å². The number of hydrogen-bond acceptors (Lipinski definition) is 2. The largest absolute Gasteiger partial charge is 0.335 e. The molecule has 0 aromatic carbocycles. The molecule has 2 unspecified atom stereocenters. The summed E-state index contributed by atoms with van der Waals surface area (Å²) in [6.07, 6.45) is 8.00. The number of aromatic nitrogens is 1. The van der Waals surface area contributed by atoms with Crippen molar-refractivity contribution in [3.05, 3.63) is 24.5 Å². The van der Waals surface area contributed by atoms with Gasteiger partial charge in [0.05, 0.1) is 0 Å². The fourth-order valence-corrected chi connectivity index (χ4v) is 2.35. The van der Waals surface area contributed by atoms with Crippen molar-refractivity contribution in [2.45, 2.75) is 38.6 Å². The fraction of sp³-hybridized carbons (Fsp3) is 0.538. The molecule has 2 atom stereocenters. The number of hydrogen-bond donors (Lipinski definition) is 2. The Bertz CT molecular complexity index is 366. The maximum absolute atomic E-state index is 11.7. The van der Waals surface area contributed by atoms with Crippen LogP contribution in [-0.2, 0) is 0 Å². The first-order valence-electron chi connectivity index (χ1n) is 6.21. The highest BCUT2D eigenvalue weighted by atomic mass is 16.2. The van der Waals surface area contributed by atoms with E-state index in [1.165, 1.54) is 12.8 Å². The zero-order valence-electron chi connectivity index (χ0n) is 10.1. The normalized spacial score (nSPS) is 24.1. The molecule has 0 saturated heterocycles. The predicted octanol–water partition coefficient (Wildman–Crippen LogP) is 2.78. The molecule has 0 spiro atoms. The first-order valence-corrected chi connectivity index (χ1v) is 6.21. The molecule has 1 aromatic rings. The van der Waals surface area contributed by atoms with Gasteiger partial charge in [-0.3, -0.25) is 4.98 Å². The molecule has 1 aromatic heterocycles. The molecule has 4 heteroatoms. The van der Waals surface area contributed by atoms with Crippen LogP contribution in [0.4, 0.5) is 10.5 Å². The second-order valence-electron chi connectivity index (χ2n) is 4.80. The van der Waals surface area contributed by atoms with Gasteiger partial charge in [0.2, 0.25) is 0 Å². The lowest BCUT2D eigenvalue weighted by atomic mass is 9.87. The van der Waals surface area contributed by atoms with Crippen LogP contribution in [0.1, 0.15) is 32.6 Å². The summed E-state index contributed by atoms with van der Waals surface area (Å²) in [4.78, 5) is 15.7. The van der Waals surface area contributed by atoms with Crippen molar-refractivity contribution in [2.75, 3.05) is 5.32 Å². The number of rotatable bonds is 2. The smallest absolute Gasteiger partial charge is 0.319 e. The Morgan fingerprint density at radius 3 is 2.82 bits per heavy atom. The molecule has 2 rings (SSSR count). The third kappa shape index (κ3) is 3.73. The van der Waals surface area contributed by atoms with Gasteiger partial charge < -0.3 is 10.6 Å². The van der Waals surface area contributed by atoms with E-state index in [4.69, 9.17) is 0 Å². The monoisotopic (exact) mass is 233 g/mol. The van der Waals surface area contributed by atoms with E-state index >= 15 is 0 Å². The number of anilines is 1. The number of pyridine rings is 1. The third-order valence-electron chi connectivity index (χ3n) is 3.21. The lowest BCUT2D eigenvalue weighted by Gasteiger charge is -2.27. The number of carbonyl (C=O) groups is 1. The van der Waals surface area contributed by atoms with Gasteiger partial charge in [-0.2, -0.15) is 0 Å². The molecule has 1 heterocycles. The molecule has 17 heavy (non-hydrogen) atoms. The molecule has 1 saturated carbocycles. The highest BCUT2D eigenvalue weighted by Crippen LogP contribution is 2.23. The van der Waals surface area contributed by atoms with Crippen LogP contribution in [0, 0.1) is 5.92 Å². The summed E-state index contributed by atoms with van der Waals surface area (Å²) >= 11 is 0. The summed E-state index contributed by atoms with van der Waals surface area (Å²) in [5, 5.41) is 5.84. The van der Waals surface area contributed by atoms with Crippen molar-refractivity contribution in [1.82, 2.24) is 10.3 Å². The SMILES string of the molecule is CC1CCCC(NC(=O)Nc2ccncc2)C1. The predicted molar refractivity (Wildman–Crippen MR) is 67.8 cm³/mol. The lowest BCUT2D eigenvalue weighted by molar-refractivity contribution is 0.238. The number of carbonyl (C=O) groups excluding carboxylic acids is 1. The van der Waals surface area contributed by atoms with Crippen molar-refractivity contribution in [2.24, 2.45) is 5.92 Å². The van der Waals surface area contributed by atoms with Gasteiger partial charge in [-0.1, -0.05) is 19.8 Å². The second kappa shape index (κ2) is 5.66. The molecule has 92 valence electrons. The van der Waals surface area contributed by atoms with Crippen molar-refractivity contribution < 1.29 is 4.79 Å².